The molecule has 0 radical (unpaired) electrons. The molecule has 0 saturated carbocycles. The van der Waals surface area contributed by atoms with E-state index in [-0.39, 0.29) is 24.6 Å². The van der Waals surface area contributed by atoms with Gasteiger partial charge in [0.25, 0.3) is 0 Å². The van der Waals surface area contributed by atoms with Crippen molar-refractivity contribution in [2.75, 3.05) is 13.7 Å². The molecule has 0 amide bonds. The zero-order chi connectivity index (χ0) is 19.9. The first-order valence-corrected chi connectivity index (χ1v) is 9.75. The molecule has 0 bridgehead atoms. The Morgan fingerprint density at radius 1 is 1.11 bits per heavy atom. The Balaban J connectivity index is 1.87. The first-order chi connectivity index (χ1) is 12.9. The predicted octanol–water partition coefficient (Wildman–Crippen LogP) is 5.33. The summed E-state index contributed by atoms with van der Waals surface area (Å²) in [5, 5.41) is 8.91. The first kappa shape index (κ1) is 21.7. The molecule has 0 spiro atoms. The molecule has 4 nitrogen and oxygen atoms in total. The Kier molecular flexibility index (Phi) is 8.08. The average Bonchev–Trinajstić information content (AvgIpc) is 2.94. The highest BCUT2D eigenvalue weighted by Gasteiger charge is 2.42. The van der Waals surface area contributed by atoms with Gasteiger partial charge < -0.3 is 19.3 Å². The minimum atomic E-state index is -0.327. The van der Waals surface area contributed by atoms with Crippen molar-refractivity contribution in [1.82, 2.24) is 0 Å². The molecule has 1 aliphatic heterocycles. The Hall–Kier alpha value is -1.62. The summed E-state index contributed by atoms with van der Waals surface area (Å²) in [6.45, 7) is 8.56. The molecule has 150 valence electrons. The Morgan fingerprint density at radius 3 is 2.41 bits per heavy atom. The number of benzene rings is 1. The summed E-state index contributed by atoms with van der Waals surface area (Å²) in [7, 11) is 1.66. The van der Waals surface area contributed by atoms with Gasteiger partial charge in [-0.1, -0.05) is 35.4 Å². The number of hydrogen-bond acceptors (Lipinski definition) is 4. The monoisotopic (exact) mass is 374 g/mol. The van der Waals surface area contributed by atoms with Crippen LogP contribution in [0.15, 0.2) is 47.6 Å². The molecule has 1 unspecified atom stereocenters. The molecular formula is C23H34O4. The number of methoxy groups -OCH3 is 1. The van der Waals surface area contributed by atoms with Gasteiger partial charge in [-0.15, -0.1) is 0 Å². The summed E-state index contributed by atoms with van der Waals surface area (Å²) in [4.78, 5) is 0. The highest BCUT2D eigenvalue weighted by atomic mass is 16.7. The van der Waals surface area contributed by atoms with Crippen LogP contribution in [0.5, 0.6) is 5.75 Å². The van der Waals surface area contributed by atoms with Crippen LogP contribution in [0.4, 0.5) is 0 Å². The molecule has 1 fully saturated rings. The van der Waals surface area contributed by atoms with Crippen LogP contribution in [0.3, 0.4) is 0 Å². The van der Waals surface area contributed by atoms with Gasteiger partial charge in [-0.25, -0.2) is 0 Å². The van der Waals surface area contributed by atoms with Crippen molar-refractivity contribution in [2.24, 2.45) is 0 Å². The van der Waals surface area contributed by atoms with E-state index in [1.807, 2.05) is 30.3 Å². The molecule has 1 N–H and O–H groups in total. The van der Waals surface area contributed by atoms with Crippen LogP contribution in [0.25, 0.3) is 0 Å². The van der Waals surface area contributed by atoms with E-state index in [4.69, 9.17) is 19.3 Å². The maximum Gasteiger partial charge on any atom is 0.185 e. The number of rotatable bonds is 9. The summed E-state index contributed by atoms with van der Waals surface area (Å²) in [6, 6.07) is 7.86. The van der Waals surface area contributed by atoms with Crippen LogP contribution < -0.4 is 4.74 Å². The van der Waals surface area contributed by atoms with E-state index in [9.17, 15) is 0 Å². The molecule has 1 heterocycles. The number of aliphatic hydroxyl groups excluding tert-OH is 1. The topological polar surface area (TPSA) is 47.9 Å². The second-order valence-electron chi connectivity index (χ2n) is 7.81. The standard InChI is InChI=1S/C23H34O4/c1-17(7-6-8-18(2)15-16-24)9-14-21-23(3,4)27-22(26-21)19-10-12-20(25-5)13-11-19/h7,10-13,15,21-22,24H,6,8-9,14,16H2,1-5H3/b17-7+,18-15+/t21-,22?/m1/s1. The van der Waals surface area contributed by atoms with E-state index in [0.29, 0.717) is 0 Å². The maximum atomic E-state index is 8.91. The van der Waals surface area contributed by atoms with Gasteiger partial charge in [0.1, 0.15) is 5.75 Å². The summed E-state index contributed by atoms with van der Waals surface area (Å²) >= 11 is 0. The van der Waals surface area contributed by atoms with E-state index in [0.717, 1.165) is 37.0 Å². The third kappa shape index (κ3) is 6.49. The molecule has 0 aromatic heterocycles. The molecule has 1 aliphatic rings. The Bertz CT molecular complexity index is 643. The fourth-order valence-corrected chi connectivity index (χ4v) is 3.28. The third-order valence-electron chi connectivity index (χ3n) is 5.13. The lowest BCUT2D eigenvalue weighted by molar-refractivity contribution is -0.0838. The van der Waals surface area contributed by atoms with Crippen molar-refractivity contribution in [2.45, 2.75) is 71.4 Å². The lowest BCUT2D eigenvalue weighted by atomic mass is 9.95. The summed E-state index contributed by atoms with van der Waals surface area (Å²) in [5.41, 5.74) is 3.31. The van der Waals surface area contributed by atoms with Crippen molar-refractivity contribution in [3.63, 3.8) is 0 Å². The summed E-state index contributed by atoms with van der Waals surface area (Å²) < 4.78 is 17.6. The molecule has 2 atom stereocenters. The van der Waals surface area contributed by atoms with Crippen LogP contribution in [-0.4, -0.2) is 30.5 Å². The highest BCUT2D eigenvalue weighted by Crippen LogP contribution is 2.40. The minimum Gasteiger partial charge on any atom is -0.497 e. The average molecular weight is 375 g/mol. The minimum absolute atomic E-state index is 0.0592. The van der Waals surface area contributed by atoms with Gasteiger partial charge in [0.15, 0.2) is 6.29 Å². The molecule has 27 heavy (non-hydrogen) atoms. The molecular weight excluding hydrogens is 340 g/mol. The maximum absolute atomic E-state index is 8.91. The van der Waals surface area contributed by atoms with Crippen molar-refractivity contribution in [1.29, 1.82) is 0 Å². The van der Waals surface area contributed by atoms with Crippen molar-refractivity contribution >= 4 is 0 Å². The van der Waals surface area contributed by atoms with Gasteiger partial charge in [0, 0.05) is 5.56 Å². The summed E-state index contributed by atoms with van der Waals surface area (Å²) in [6.07, 6.45) is 7.83. The van der Waals surface area contributed by atoms with Crippen LogP contribution in [0.1, 0.15) is 65.2 Å². The number of hydrogen-bond donors (Lipinski definition) is 1. The molecule has 1 saturated heterocycles. The zero-order valence-corrected chi connectivity index (χ0v) is 17.3. The lowest BCUT2D eigenvalue weighted by Crippen LogP contribution is -2.32. The van der Waals surface area contributed by atoms with Gasteiger partial charge in [-0.2, -0.15) is 0 Å². The van der Waals surface area contributed by atoms with Gasteiger partial charge in [0.2, 0.25) is 0 Å². The van der Waals surface area contributed by atoms with Crippen LogP contribution in [0.2, 0.25) is 0 Å². The highest BCUT2D eigenvalue weighted by molar-refractivity contribution is 5.28. The Labute approximate surface area is 163 Å². The van der Waals surface area contributed by atoms with E-state index < -0.39 is 0 Å². The van der Waals surface area contributed by atoms with Crippen molar-refractivity contribution < 1.29 is 19.3 Å². The van der Waals surface area contributed by atoms with Gasteiger partial charge >= 0.3 is 0 Å². The number of allylic oxidation sites excluding steroid dienone is 3. The predicted molar refractivity (Wildman–Crippen MR) is 109 cm³/mol. The second kappa shape index (κ2) is 10.1. The molecule has 1 aromatic rings. The van der Waals surface area contributed by atoms with E-state index in [1.165, 1.54) is 11.1 Å². The quantitative estimate of drug-likeness (QED) is 0.593. The fourth-order valence-electron chi connectivity index (χ4n) is 3.28. The van der Waals surface area contributed by atoms with Gasteiger partial charge in [-0.3, -0.25) is 0 Å². The zero-order valence-electron chi connectivity index (χ0n) is 17.3. The van der Waals surface area contributed by atoms with Gasteiger partial charge in [-0.05, 0) is 65.5 Å². The SMILES string of the molecule is COc1ccc(C2O[C@H](CC/C(C)=C/CC/C(C)=C/CO)C(C)(C)O2)cc1. The molecule has 4 heteroatoms. The van der Waals surface area contributed by atoms with E-state index >= 15 is 0 Å². The Morgan fingerprint density at radius 2 is 1.78 bits per heavy atom. The first-order valence-electron chi connectivity index (χ1n) is 9.75. The van der Waals surface area contributed by atoms with Gasteiger partial charge in [0.05, 0.1) is 25.4 Å². The van der Waals surface area contributed by atoms with Crippen LogP contribution in [-0.2, 0) is 9.47 Å². The smallest absolute Gasteiger partial charge is 0.185 e. The van der Waals surface area contributed by atoms with E-state index in [2.05, 4.69) is 33.8 Å². The van der Waals surface area contributed by atoms with Crippen LogP contribution in [0, 0.1) is 0 Å². The fraction of sp³-hybridized carbons (Fsp3) is 0.565. The van der Waals surface area contributed by atoms with Crippen LogP contribution >= 0.6 is 0 Å². The molecule has 0 aliphatic carbocycles. The molecule has 2 rings (SSSR count). The number of aliphatic hydroxyl groups is 1. The molecule has 1 aromatic carbocycles. The summed E-state index contributed by atoms with van der Waals surface area (Å²) in [5.74, 6) is 0.831. The second-order valence-corrected chi connectivity index (χ2v) is 7.81. The van der Waals surface area contributed by atoms with E-state index in [1.54, 1.807) is 7.11 Å². The normalized spacial score (nSPS) is 22.9. The van der Waals surface area contributed by atoms with Crippen molar-refractivity contribution in [3.8, 4) is 5.75 Å². The lowest BCUT2D eigenvalue weighted by Gasteiger charge is -2.23. The number of ether oxygens (including phenoxy) is 3. The largest absolute Gasteiger partial charge is 0.497 e. The third-order valence-corrected chi connectivity index (χ3v) is 5.13. The van der Waals surface area contributed by atoms with Crippen molar-refractivity contribution in [3.05, 3.63) is 53.1 Å².